The molecule has 1 aromatic carbocycles. The first kappa shape index (κ1) is 16.1. The molecular weight excluding hydrogens is 296 g/mol. The smallest absolute Gasteiger partial charge is 0.185 e. The average Bonchev–Trinajstić information content (AvgIpc) is 2.63. The number of ketones is 1. The maximum Gasteiger partial charge on any atom is 0.185 e. The highest BCUT2D eigenvalue weighted by Crippen LogP contribution is 2.22. The maximum absolute atomic E-state index is 12.3. The van der Waals surface area contributed by atoms with Crippen molar-refractivity contribution in [1.82, 2.24) is 9.97 Å². The van der Waals surface area contributed by atoms with Crippen LogP contribution in [0.2, 0.25) is 0 Å². The molecule has 0 bridgehead atoms. The van der Waals surface area contributed by atoms with Crippen LogP contribution in [-0.2, 0) is 6.42 Å². The zero-order valence-corrected chi connectivity index (χ0v) is 13.9. The van der Waals surface area contributed by atoms with Crippen LogP contribution < -0.4 is 0 Å². The van der Waals surface area contributed by atoms with Crippen LogP contribution in [0, 0.1) is 0 Å². The largest absolute Gasteiger partial charge is 0.292 e. The Hall–Kier alpha value is -2.81. The van der Waals surface area contributed by atoms with Gasteiger partial charge in [-0.15, -0.1) is 0 Å². The van der Waals surface area contributed by atoms with E-state index in [2.05, 4.69) is 48.1 Å². The molecule has 2 heterocycles. The molecule has 0 atom stereocenters. The maximum atomic E-state index is 12.3. The topological polar surface area (TPSA) is 42.9 Å². The van der Waals surface area contributed by atoms with E-state index in [0.29, 0.717) is 18.0 Å². The summed E-state index contributed by atoms with van der Waals surface area (Å²) < 4.78 is 0. The summed E-state index contributed by atoms with van der Waals surface area (Å²) in [6, 6.07) is 17.7. The van der Waals surface area contributed by atoms with Crippen molar-refractivity contribution in [3.05, 3.63) is 83.8 Å². The monoisotopic (exact) mass is 316 g/mol. The zero-order chi connectivity index (χ0) is 16.9. The van der Waals surface area contributed by atoms with Gasteiger partial charge in [0.05, 0.1) is 5.69 Å². The van der Waals surface area contributed by atoms with Gasteiger partial charge in [-0.1, -0.05) is 44.2 Å². The summed E-state index contributed by atoms with van der Waals surface area (Å²) in [5.41, 5.74) is 4.70. The third-order valence-electron chi connectivity index (χ3n) is 4.01. The van der Waals surface area contributed by atoms with Gasteiger partial charge in [-0.3, -0.25) is 14.8 Å². The van der Waals surface area contributed by atoms with Crippen molar-refractivity contribution in [2.75, 3.05) is 0 Å². The molecule has 2 aromatic heterocycles. The summed E-state index contributed by atoms with van der Waals surface area (Å²) >= 11 is 0. The van der Waals surface area contributed by atoms with E-state index in [1.807, 2.05) is 24.3 Å². The lowest BCUT2D eigenvalue weighted by atomic mass is 9.99. The van der Waals surface area contributed by atoms with Crippen LogP contribution >= 0.6 is 0 Å². The first-order valence-corrected chi connectivity index (χ1v) is 8.13. The molecule has 0 aliphatic carbocycles. The first-order chi connectivity index (χ1) is 11.6. The molecule has 0 radical (unpaired) electrons. The molecule has 0 amide bonds. The van der Waals surface area contributed by atoms with Gasteiger partial charge in [0.15, 0.2) is 5.78 Å². The lowest BCUT2D eigenvalue weighted by Gasteiger charge is -2.08. The van der Waals surface area contributed by atoms with Crippen molar-refractivity contribution < 1.29 is 4.79 Å². The molecule has 3 heteroatoms. The Kier molecular flexibility index (Phi) is 4.80. The summed E-state index contributed by atoms with van der Waals surface area (Å²) in [4.78, 5) is 20.9. The average molecular weight is 316 g/mol. The Morgan fingerprint density at radius 3 is 2.42 bits per heavy atom. The number of rotatable bonds is 5. The predicted octanol–water partition coefficient (Wildman–Crippen LogP) is 4.69. The zero-order valence-electron chi connectivity index (χ0n) is 13.9. The Morgan fingerprint density at radius 1 is 0.958 bits per heavy atom. The van der Waals surface area contributed by atoms with E-state index >= 15 is 0 Å². The molecule has 3 aromatic rings. The fourth-order valence-electron chi connectivity index (χ4n) is 2.58. The number of aromatic nitrogens is 2. The lowest BCUT2D eigenvalue weighted by molar-refractivity contribution is 0.0988. The molecule has 0 saturated heterocycles. The van der Waals surface area contributed by atoms with Gasteiger partial charge in [-0.25, -0.2) is 0 Å². The highest BCUT2D eigenvalue weighted by Gasteiger charge is 2.09. The third-order valence-corrected chi connectivity index (χ3v) is 4.01. The number of carbonyl (C=O) groups is 1. The van der Waals surface area contributed by atoms with E-state index in [-0.39, 0.29) is 5.78 Å². The quantitative estimate of drug-likeness (QED) is 0.641. The van der Waals surface area contributed by atoms with E-state index < -0.39 is 0 Å². The van der Waals surface area contributed by atoms with E-state index in [0.717, 1.165) is 16.8 Å². The summed E-state index contributed by atoms with van der Waals surface area (Å²) in [6.07, 6.45) is 3.73. The van der Waals surface area contributed by atoms with Crippen LogP contribution in [-0.4, -0.2) is 15.8 Å². The standard InChI is InChI=1S/C21H20N2O/c1-15(2)17-6-8-18(9-7-17)20-13-16(10-12-23-20)14-21(24)19-5-3-4-11-22-19/h3-13,15H,14H2,1-2H3. The first-order valence-electron chi connectivity index (χ1n) is 8.13. The molecular formula is C21H20N2O. The SMILES string of the molecule is CC(C)c1ccc(-c2cc(CC(=O)c3ccccn3)ccn2)cc1. The molecule has 3 rings (SSSR count). The number of hydrogen-bond donors (Lipinski definition) is 0. The van der Waals surface area contributed by atoms with Gasteiger partial charge in [0.1, 0.15) is 5.69 Å². The van der Waals surface area contributed by atoms with Crippen LogP contribution in [0.25, 0.3) is 11.3 Å². The minimum absolute atomic E-state index is 0.0166. The Balaban J connectivity index is 1.80. The van der Waals surface area contributed by atoms with E-state index in [1.54, 1.807) is 18.5 Å². The second-order valence-electron chi connectivity index (χ2n) is 6.14. The van der Waals surface area contributed by atoms with Gasteiger partial charge in [-0.2, -0.15) is 0 Å². The number of Topliss-reactive ketones (excluding diaryl/α,β-unsaturated/α-hetero) is 1. The minimum atomic E-state index is 0.0166. The van der Waals surface area contributed by atoms with Crippen LogP contribution in [0.5, 0.6) is 0 Å². The van der Waals surface area contributed by atoms with Crippen LogP contribution in [0.4, 0.5) is 0 Å². The van der Waals surface area contributed by atoms with Gasteiger partial charge in [0, 0.05) is 24.4 Å². The fraction of sp³-hybridized carbons (Fsp3) is 0.190. The number of hydrogen-bond acceptors (Lipinski definition) is 3. The Morgan fingerprint density at radius 2 is 1.75 bits per heavy atom. The van der Waals surface area contributed by atoms with Crippen molar-refractivity contribution in [1.29, 1.82) is 0 Å². The Labute approximate surface area is 142 Å². The second kappa shape index (κ2) is 7.18. The lowest BCUT2D eigenvalue weighted by Crippen LogP contribution is -2.05. The van der Waals surface area contributed by atoms with Crippen LogP contribution in [0.3, 0.4) is 0 Å². The summed E-state index contributed by atoms with van der Waals surface area (Å²) in [5, 5.41) is 0. The highest BCUT2D eigenvalue weighted by atomic mass is 16.1. The third kappa shape index (κ3) is 3.74. The van der Waals surface area contributed by atoms with Crippen LogP contribution in [0.1, 0.15) is 41.4 Å². The second-order valence-corrected chi connectivity index (χ2v) is 6.14. The molecule has 0 aliphatic rings. The summed E-state index contributed by atoms with van der Waals surface area (Å²) in [6.45, 7) is 4.36. The fourth-order valence-corrected chi connectivity index (χ4v) is 2.58. The van der Waals surface area contributed by atoms with Crippen molar-refractivity contribution in [3.8, 4) is 11.3 Å². The van der Waals surface area contributed by atoms with Gasteiger partial charge < -0.3 is 0 Å². The Bertz CT molecular complexity index is 824. The van der Waals surface area contributed by atoms with E-state index in [1.165, 1.54) is 5.56 Å². The molecule has 24 heavy (non-hydrogen) atoms. The summed E-state index contributed by atoms with van der Waals surface area (Å²) in [7, 11) is 0. The van der Waals surface area contributed by atoms with Crippen molar-refractivity contribution in [2.24, 2.45) is 0 Å². The predicted molar refractivity (Wildman–Crippen MR) is 96.0 cm³/mol. The van der Waals surface area contributed by atoms with Crippen molar-refractivity contribution >= 4 is 5.78 Å². The molecule has 0 saturated carbocycles. The molecule has 0 fully saturated rings. The number of carbonyl (C=O) groups excluding carboxylic acids is 1. The van der Waals surface area contributed by atoms with E-state index in [4.69, 9.17) is 0 Å². The molecule has 3 nitrogen and oxygen atoms in total. The van der Waals surface area contributed by atoms with Gasteiger partial charge in [-0.05, 0) is 41.3 Å². The van der Waals surface area contributed by atoms with Crippen LogP contribution in [0.15, 0.2) is 67.0 Å². The number of benzene rings is 1. The molecule has 0 aliphatic heterocycles. The molecule has 0 spiro atoms. The van der Waals surface area contributed by atoms with Gasteiger partial charge in [0.25, 0.3) is 0 Å². The number of nitrogens with zero attached hydrogens (tertiary/aromatic N) is 2. The van der Waals surface area contributed by atoms with E-state index in [9.17, 15) is 4.79 Å². The molecule has 0 N–H and O–H groups in total. The minimum Gasteiger partial charge on any atom is -0.292 e. The van der Waals surface area contributed by atoms with Crippen molar-refractivity contribution in [2.45, 2.75) is 26.2 Å². The highest BCUT2D eigenvalue weighted by molar-refractivity contribution is 5.95. The normalized spacial score (nSPS) is 10.8. The van der Waals surface area contributed by atoms with Gasteiger partial charge >= 0.3 is 0 Å². The molecule has 120 valence electrons. The summed E-state index contributed by atoms with van der Waals surface area (Å²) in [5.74, 6) is 0.525. The van der Waals surface area contributed by atoms with Crippen molar-refractivity contribution in [3.63, 3.8) is 0 Å². The van der Waals surface area contributed by atoms with Gasteiger partial charge in [0.2, 0.25) is 0 Å². The number of pyridine rings is 2. The molecule has 0 unspecified atom stereocenters.